The molecule has 1 aliphatic rings. The number of carbonyl (C=O) groups excluding carboxylic acids is 1. The molecule has 0 aromatic heterocycles. The quantitative estimate of drug-likeness (QED) is 0.659. The molecule has 0 heterocycles. The van der Waals surface area contributed by atoms with Gasteiger partial charge in [-0.05, 0) is 18.4 Å². The molecule has 0 aliphatic heterocycles. The topological polar surface area (TPSA) is 72.2 Å². The van der Waals surface area contributed by atoms with Crippen LogP contribution in [0.4, 0.5) is 14.5 Å². The zero-order valence-corrected chi connectivity index (χ0v) is 9.99. The van der Waals surface area contributed by atoms with Gasteiger partial charge < -0.3 is 5.32 Å². The Morgan fingerprint density at radius 2 is 2.11 bits per heavy atom. The Balaban J connectivity index is 2.12. The molecule has 0 radical (unpaired) electrons. The van der Waals surface area contributed by atoms with Crippen molar-refractivity contribution in [3.05, 3.63) is 39.4 Å². The van der Waals surface area contributed by atoms with Gasteiger partial charge in [-0.2, -0.15) is 4.39 Å². The van der Waals surface area contributed by atoms with Gasteiger partial charge >= 0.3 is 5.69 Å². The second-order valence-corrected chi connectivity index (χ2v) is 4.53. The maximum Gasteiger partial charge on any atom is 0.308 e. The molecule has 1 aromatic carbocycles. The summed E-state index contributed by atoms with van der Waals surface area (Å²) in [6, 6.07) is 1.12. The Kier molecular flexibility index (Phi) is 3.73. The van der Waals surface area contributed by atoms with Gasteiger partial charge in [-0.25, -0.2) is 4.39 Å². The summed E-state index contributed by atoms with van der Waals surface area (Å²) in [5.41, 5.74) is -1.67. The number of nitro groups is 1. The number of benzene rings is 1. The first kappa shape index (κ1) is 13.4. The number of rotatable bonds is 5. The molecule has 0 unspecified atom stereocenters. The molecule has 102 valence electrons. The standard InChI is InChI=1S/C12H12F2N2O3/c13-8-5-9(11(14)10(6-8)16(18)19)12(17)15-4-3-7-1-2-7/h5-7H,1-4H2,(H,15,17). The van der Waals surface area contributed by atoms with E-state index in [-0.39, 0.29) is 0 Å². The summed E-state index contributed by atoms with van der Waals surface area (Å²) in [4.78, 5) is 21.1. The fourth-order valence-corrected chi connectivity index (χ4v) is 1.76. The van der Waals surface area contributed by atoms with Crippen LogP contribution in [0.25, 0.3) is 0 Å². The molecular weight excluding hydrogens is 258 g/mol. The summed E-state index contributed by atoms with van der Waals surface area (Å²) in [5.74, 6) is -2.57. The first-order valence-electron chi connectivity index (χ1n) is 5.90. The van der Waals surface area contributed by atoms with Crippen LogP contribution in [0.5, 0.6) is 0 Å². The molecule has 0 spiro atoms. The third-order valence-electron chi connectivity index (χ3n) is 2.99. The van der Waals surface area contributed by atoms with Gasteiger partial charge in [-0.15, -0.1) is 0 Å². The molecule has 7 heteroatoms. The highest BCUT2D eigenvalue weighted by molar-refractivity contribution is 5.95. The number of nitrogens with one attached hydrogen (secondary N) is 1. The highest BCUT2D eigenvalue weighted by atomic mass is 19.1. The van der Waals surface area contributed by atoms with E-state index in [1.807, 2.05) is 0 Å². The van der Waals surface area contributed by atoms with Gasteiger partial charge in [0.2, 0.25) is 5.82 Å². The summed E-state index contributed by atoms with van der Waals surface area (Å²) in [6.07, 6.45) is 3.02. The molecule has 0 atom stereocenters. The average Bonchev–Trinajstić information content (AvgIpc) is 3.15. The van der Waals surface area contributed by atoms with Gasteiger partial charge in [-0.1, -0.05) is 12.8 Å². The van der Waals surface area contributed by atoms with Gasteiger partial charge in [0.05, 0.1) is 16.6 Å². The minimum Gasteiger partial charge on any atom is -0.352 e. The Labute approximate surface area is 107 Å². The smallest absolute Gasteiger partial charge is 0.308 e. The van der Waals surface area contributed by atoms with Crippen molar-refractivity contribution < 1.29 is 18.5 Å². The molecule has 1 aliphatic carbocycles. The number of hydrogen-bond acceptors (Lipinski definition) is 3. The van der Waals surface area contributed by atoms with E-state index in [1.54, 1.807) is 0 Å². The lowest BCUT2D eigenvalue weighted by Crippen LogP contribution is -2.26. The van der Waals surface area contributed by atoms with E-state index >= 15 is 0 Å². The van der Waals surface area contributed by atoms with Gasteiger partial charge in [0.15, 0.2) is 0 Å². The van der Waals surface area contributed by atoms with Crippen LogP contribution in [0.15, 0.2) is 12.1 Å². The molecular formula is C12H12F2N2O3. The highest BCUT2D eigenvalue weighted by Crippen LogP contribution is 2.31. The lowest BCUT2D eigenvalue weighted by molar-refractivity contribution is -0.387. The van der Waals surface area contributed by atoms with E-state index < -0.39 is 33.7 Å². The summed E-state index contributed by atoms with van der Waals surface area (Å²) >= 11 is 0. The van der Waals surface area contributed by atoms with Gasteiger partial charge in [0.25, 0.3) is 5.91 Å². The molecule has 1 N–H and O–H groups in total. The first-order valence-corrected chi connectivity index (χ1v) is 5.90. The Hall–Kier alpha value is -2.05. The van der Waals surface area contributed by atoms with Crippen LogP contribution in [0, 0.1) is 27.7 Å². The van der Waals surface area contributed by atoms with Crippen molar-refractivity contribution in [2.24, 2.45) is 5.92 Å². The second-order valence-electron chi connectivity index (χ2n) is 4.53. The zero-order valence-electron chi connectivity index (χ0n) is 9.99. The van der Waals surface area contributed by atoms with Crippen molar-refractivity contribution in [2.75, 3.05) is 6.54 Å². The number of carbonyl (C=O) groups is 1. The third kappa shape index (κ3) is 3.24. The van der Waals surface area contributed by atoms with Crippen molar-refractivity contribution in [3.8, 4) is 0 Å². The predicted molar refractivity (Wildman–Crippen MR) is 62.7 cm³/mol. The molecule has 1 fully saturated rings. The van der Waals surface area contributed by atoms with Crippen LogP contribution >= 0.6 is 0 Å². The number of nitro benzene ring substituents is 1. The molecule has 2 rings (SSSR count). The van der Waals surface area contributed by atoms with Crippen LogP contribution < -0.4 is 5.32 Å². The molecule has 19 heavy (non-hydrogen) atoms. The highest BCUT2D eigenvalue weighted by Gasteiger charge is 2.25. The van der Waals surface area contributed by atoms with Crippen LogP contribution in [0.3, 0.4) is 0 Å². The van der Waals surface area contributed by atoms with Crippen molar-refractivity contribution >= 4 is 11.6 Å². The van der Waals surface area contributed by atoms with Crippen molar-refractivity contribution in [3.63, 3.8) is 0 Å². The van der Waals surface area contributed by atoms with Crippen LogP contribution in [-0.4, -0.2) is 17.4 Å². The van der Waals surface area contributed by atoms with E-state index in [0.29, 0.717) is 24.6 Å². The molecule has 1 saturated carbocycles. The Morgan fingerprint density at radius 1 is 1.42 bits per heavy atom. The van der Waals surface area contributed by atoms with E-state index in [4.69, 9.17) is 0 Å². The van der Waals surface area contributed by atoms with E-state index in [0.717, 1.165) is 19.3 Å². The van der Waals surface area contributed by atoms with Gasteiger partial charge in [-0.3, -0.25) is 14.9 Å². The molecule has 0 bridgehead atoms. The molecule has 1 aromatic rings. The predicted octanol–water partition coefficient (Wildman–Crippen LogP) is 2.40. The number of hydrogen-bond donors (Lipinski definition) is 1. The summed E-state index contributed by atoms with van der Waals surface area (Å²) in [5, 5.41) is 13.0. The molecule has 1 amide bonds. The summed E-state index contributed by atoms with van der Waals surface area (Å²) in [6.45, 7) is 0.354. The van der Waals surface area contributed by atoms with Gasteiger partial charge in [0, 0.05) is 6.54 Å². The van der Waals surface area contributed by atoms with E-state index in [1.165, 1.54) is 0 Å². The van der Waals surface area contributed by atoms with E-state index in [2.05, 4.69) is 5.32 Å². The SMILES string of the molecule is O=C(NCCC1CC1)c1cc(F)cc([N+](=O)[O-])c1F. The first-order chi connectivity index (χ1) is 8.99. The Morgan fingerprint density at radius 3 is 2.68 bits per heavy atom. The van der Waals surface area contributed by atoms with Crippen molar-refractivity contribution in [2.45, 2.75) is 19.3 Å². The fraction of sp³-hybridized carbons (Fsp3) is 0.417. The number of amides is 1. The van der Waals surface area contributed by atoms with E-state index in [9.17, 15) is 23.7 Å². The minimum absolute atomic E-state index is 0.354. The average molecular weight is 270 g/mol. The monoisotopic (exact) mass is 270 g/mol. The maximum atomic E-state index is 13.7. The number of nitrogens with zero attached hydrogens (tertiary/aromatic N) is 1. The van der Waals surface area contributed by atoms with Gasteiger partial charge in [0.1, 0.15) is 5.82 Å². The summed E-state index contributed by atoms with van der Waals surface area (Å²) < 4.78 is 26.8. The fourth-order valence-electron chi connectivity index (χ4n) is 1.76. The second kappa shape index (κ2) is 5.29. The van der Waals surface area contributed by atoms with Crippen LogP contribution in [0.1, 0.15) is 29.6 Å². The minimum atomic E-state index is -1.31. The normalized spacial score (nSPS) is 14.2. The lowest BCUT2D eigenvalue weighted by atomic mass is 10.1. The number of halogens is 2. The largest absolute Gasteiger partial charge is 0.352 e. The lowest BCUT2D eigenvalue weighted by Gasteiger charge is -2.06. The van der Waals surface area contributed by atoms with Crippen LogP contribution in [-0.2, 0) is 0 Å². The zero-order chi connectivity index (χ0) is 14.0. The van der Waals surface area contributed by atoms with Crippen molar-refractivity contribution in [1.29, 1.82) is 0 Å². The molecule has 5 nitrogen and oxygen atoms in total. The van der Waals surface area contributed by atoms with Crippen LogP contribution in [0.2, 0.25) is 0 Å². The van der Waals surface area contributed by atoms with Crippen molar-refractivity contribution in [1.82, 2.24) is 5.32 Å². The third-order valence-corrected chi connectivity index (χ3v) is 2.99. The molecule has 0 saturated heterocycles. The summed E-state index contributed by atoms with van der Waals surface area (Å²) in [7, 11) is 0. The Bertz CT molecular complexity index is 530. The maximum absolute atomic E-state index is 13.7.